The SMILES string of the molecule is CN(C)CCCNNCCCN(C)C. The summed E-state index contributed by atoms with van der Waals surface area (Å²) in [5.74, 6) is 0. The summed E-state index contributed by atoms with van der Waals surface area (Å²) >= 11 is 0. The minimum absolute atomic E-state index is 1.04. The minimum Gasteiger partial charge on any atom is -0.309 e. The first kappa shape index (κ1) is 13.8. The molecule has 0 aromatic rings. The summed E-state index contributed by atoms with van der Waals surface area (Å²) in [5.41, 5.74) is 6.44. The van der Waals surface area contributed by atoms with E-state index >= 15 is 0 Å². The van der Waals surface area contributed by atoms with Crippen molar-refractivity contribution in [3.05, 3.63) is 0 Å². The van der Waals surface area contributed by atoms with Crippen molar-refractivity contribution in [2.75, 3.05) is 54.4 Å². The van der Waals surface area contributed by atoms with Crippen LogP contribution in [0.5, 0.6) is 0 Å². The van der Waals surface area contributed by atoms with Crippen LogP contribution in [0.25, 0.3) is 0 Å². The van der Waals surface area contributed by atoms with Crippen LogP contribution in [0.4, 0.5) is 0 Å². The maximum atomic E-state index is 3.22. The third-order valence-electron chi connectivity index (χ3n) is 1.94. The van der Waals surface area contributed by atoms with Crippen LogP contribution < -0.4 is 10.9 Å². The summed E-state index contributed by atoms with van der Waals surface area (Å²) in [6.07, 6.45) is 2.38. The topological polar surface area (TPSA) is 30.5 Å². The van der Waals surface area contributed by atoms with Crippen LogP contribution in [-0.4, -0.2) is 64.2 Å². The lowest BCUT2D eigenvalue weighted by Crippen LogP contribution is -2.35. The van der Waals surface area contributed by atoms with Gasteiger partial charge in [-0.25, -0.2) is 0 Å². The Bertz CT molecular complexity index is 101. The van der Waals surface area contributed by atoms with Gasteiger partial charge in [-0.15, -0.1) is 0 Å². The molecule has 0 heterocycles. The highest BCUT2D eigenvalue weighted by Crippen LogP contribution is 1.81. The van der Waals surface area contributed by atoms with E-state index in [1.165, 1.54) is 12.8 Å². The number of hydrogen-bond donors (Lipinski definition) is 2. The fourth-order valence-electron chi connectivity index (χ4n) is 1.14. The molecule has 14 heavy (non-hydrogen) atoms. The molecule has 0 aromatic heterocycles. The monoisotopic (exact) mass is 202 g/mol. The molecule has 0 radical (unpaired) electrons. The second-order valence-corrected chi connectivity index (χ2v) is 4.17. The molecule has 0 aromatic carbocycles. The van der Waals surface area contributed by atoms with Gasteiger partial charge in [0.05, 0.1) is 0 Å². The minimum atomic E-state index is 1.04. The van der Waals surface area contributed by atoms with Crippen LogP contribution in [-0.2, 0) is 0 Å². The number of hydrazine groups is 1. The van der Waals surface area contributed by atoms with Crippen molar-refractivity contribution >= 4 is 0 Å². The first-order chi connectivity index (χ1) is 6.63. The van der Waals surface area contributed by atoms with Crippen LogP contribution in [0.3, 0.4) is 0 Å². The zero-order valence-corrected chi connectivity index (χ0v) is 10.1. The van der Waals surface area contributed by atoms with Crippen LogP contribution in [0, 0.1) is 0 Å². The first-order valence-electron chi connectivity index (χ1n) is 5.38. The number of hydrogen-bond acceptors (Lipinski definition) is 4. The zero-order chi connectivity index (χ0) is 10.8. The fraction of sp³-hybridized carbons (Fsp3) is 1.00. The largest absolute Gasteiger partial charge is 0.309 e. The van der Waals surface area contributed by atoms with Crippen LogP contribution in [0.1, 0.15) is 12.8 Å². The highest BCUT2D eigenvalue weighted by molar-refractivity contribution is 4.49. The van der Waals surface area contributed by atoms with Gasteiger partial charge in [0, 0.05) is 13.1 Å². The third kappa shape index (κ3) is 11.8. The van der Waals surface area contributed by atoms with Gasteiger partial charge in [-0.3, -0.25) is 10.9 Å². The maximum absolute atomic E-state index is 3.22. The van der Waals surface area contributed by atoms with Crippen LogP contribution in [0.2, 0.25) is 0 Å². The lowest BCUT2D eigenvalue weighted by molar-refractivity contribution is 0.371. The van der Waals surface area contributed by atoms with Crippen molar-refractivity contribution < 1.29 is 0 Å². The summed E-state index contributed by atoms with van der Waals surface area (Å²) < 4.78 is 0. The normalized spacial score (nSPS) is 11.6. The lowest BCUT2D eigenvalue weighted by atomic mass is 10.4. The summed E-state index contributed by atoms with van der Waals surface area (Å²) in [4.78, 5) is 4.40. The molecule has 0 saturated carbocycles. The molecule has 4 heteroatoms. The van der Waals surface area contributed by atoms with Gasteiger partial charge in [0.15, 0.2) is 0 Å². The van der Waals surface area contributed by atoms with Crippen molar-refractivity contribution in [2.45, 2.75) is 12.8 Å². The standard InChI is InChI=1S/C10H26N4/c1-13(2)9-5-7-11-12-8-6-10-14(3)4/h11-12H,5-10H2,1-4H3. The predicted octanol–water partition coefficient (Wildman–Crippen LogP) is -0.0160. The Morgan fingerprint density at radius 1 is 0.714 bits per heavy atom. The molecule has 86 valence electrons. The molecule has 4 nitrogen and oxygen atoms in total. The molecule has 0 bridgehead atoms. The van der Waals surface area contributed by atoms with Crippen molar-refractivity contribution in [1.82, 2.24) is 20.7 Å². The van der Waals surface area contributed by atoms with Gasteiger partial charge < -0.3 is 9.80 Å². The Kier molecular flexibility index (Phi) is 9.29. The van der Waals surface area contributed by atoms with E-state index in [4.69, 9.17) is 0 Å². The Hall–Kier alpha value is -0.160. The van der Waals surface area contributed by atoms with Crippen molar-refractivity contribution in [2.24, 2.45) is 0 Å². The highest BCUT2D eigenvalue weighted by atomic mass is 15.3. The summed E-state index contributed by atoms with van der Waals surface area (Å²) in [7, 11) is 8.41. The van der Waals surface area contributed by atoms with E-state index in [2.05, 4.69) is 48.8 Å². The molecule has 0 aliphatic carbocycles. The fourth-order valence-corrected chi connectivity index (χ4v) is 1.14. The summed E-state index contributed by atoms with van der Waals surface area (Å²) in [6, 6.07) is 0. The van der Waals surface area contributed by atoms with Gasteiger partial charge in [0.2, 0.25) is 0 Å². The van der Waals surface area contributed by atoms with E-state index < -0.39 is 0 Å². The van der Waals surface area contributed by atoms with E-state index in [1.807, 2.05) is 0 Å². The van der Waals surface area contributed by atoms with Gasteiger partial charge in [0.25, 0.3) is 0 Å². The van der Waals surface area contributed by atoms with Crippen molar-refractivity contribution in [1.29, 1.82) is 0 Å². The van der Waals surface area contributed by atoms with Gasteiger partial charge >= 0.3 is 0 Å². The average molecular weight is 202 g/mol. The molecule has 0 fully saturated rings. The quantitative estimate of drug-likeness (QED) is 0.406. The van der Waals surface area contributed by atoms with Gasteiger partial charge in [0.1, 0.15) is 0 Å². The molecular weight excluding hydrogens is 176 g/mol. The first-order valence-corrected chi connectivity index (χ1v) is 5.38. The van der Waals surface area contributed by atoms with Crippen molar-refractivity contribution in [3.8, 4) is 0 Å². The average Bonchev–Trinajstić information content (AvgIpc) is 2.08. The highest BCUT2D eigenvalue weighted by Gasteiger charge is 1.91. The maximum Gasteiger partial charge on any atom is 0.0112 e. The Morgan fingerprint density at radius 2 is 1.07 bits per heavy atom. The lowest BCUT2D eigenvalue weighted by Gasteiger charge is -2.12. The Labute approximate surface area is 88.6 Å². The number of rotatable bonds is 9. The Balaban J connectivity index is 2.92. The number of nitrogens with zero attached hydrogens (tertiary/aromatic N) is 2. The molecule has 0 aliphatic rings. The zero-order valence-electron chi connectivity index (χ0n) is 10.1. The molecule has 0 unspecified atom stereocenters. The van der Waals surface area contributed by atoms with E-state index in [-0.39, 0.29) is 0 Å². The summed E-state index contributed by atoms with van der Waals surface area (Å²) in [6.45, 7) is 4.37. The van der Waals surface area contributed by atoms with Crippen LogP contribution in [0.15, 0.2) is 0 Å². The van der Waals surface area contributed by atoms with Gasteiger partial charge in [-0.2, -0.15) is 0 Å². The van der Waals surface area contributed by atoms with Gasteiger partial charge in [-0.05, 0) is 54.1 Å². The molecule has 0 aliphatic heterocycles. The predicted molar refractivity (Wildman–Crippen MR) is 62.3 cm³/mol. The van der Waals surface area contributed by atoms with E-state index in [1.54, 1.807) is 0 Å². The molecular formula is C10H26N4. The molecule has 0 rings (SSSR count). The van der Waals surface area contributed by atoms with E-state index in [9.17, 15) is 0 Å². The van der Waals surface area contributed by atoms with Crippen molar-refractivity contribution in [3.63, 3.8) is 0 Å². The molecule has 0 saturated heterocycles. The smallest absolute Gasteiger partial charge is 0.0112 e. The van der Waals surface area contributed by atoms with Gasteiger partial charge in [-0.1, -0.05) is 0 Å². The Morgan fingerprint density at radius 3 is 1.36 bits per heavy atom. The number of nitrogens with one attached hydrogen (secondary N) is 2. The molecule has 0 amide bonds. The second-order valence-electron chi connectivity index (χ2n) is 4.17. The molecule has 0 spiro atoms. The van der Waals surface area contributed by atoms with Crippen LogP contribution >= 0.6 is 0 Å². The molecule has 0 atom stereocenters. The molecule has 2 N–H and O–H groups in total. The third-order valence-corrected chi connectivity index (χ3v) is 1.94. The second kappa shape index (κ2) is 9.40. The summed E-state index contributed by atoms with van der Waals surface area (Å²) in [5, 5.41) is 0. The van der Waals surface area contributed by atoms with E-state index in [0.29, 0.717) is 0 Å². The van der Waals surface area contributed by atoms with E-state index in [0.717, 1.165) is 26.2 Å².